The predicted octanol–water partition coefficient (Wildman–Crippen LogP) is 2.51. The second-order valence-electron chi connectivity index (χ2n) is 4.88. The molecule has 0 saturated carbocycles. The maximum atomic E-state index is 6.07. The Kier molecular flexibility index (Phi) is 3.13. The quantitative estimate of drug-likeness (QED) is 0.895. The molecule has 2 aromatic carbocycles. The summed E-state index contributed by atoms with van der Waals surface area (Å²) in [6, 6.07) is 16.6. The predicted molar refractivity (Wildman–Crippen MR) is 78.6 cm³/mol. The first-order valence-electron chi connectivity index (χ1n) is 6.56. The van der Waals surface area contributed by atoms with Crippen LogP contribution in [0.15, 0.2) is 48.5 Å². The molecule has 1 heterocycles. The van der Waals surface area contributed by atoms with E-state index in [0.29, 0.717) is 6.54 Å². The standard InChI is InChI=1S/C16H18N2O/c1-18-11-13(10-17)19-16-14(8-5-9-15(16)18)12-6-3-2-4-7-12/h2-9,13H,10-11,17H2,1H3/t13-/m1/s1. The number of rotatable bonds is 2. The molecule has 1 atom stereocenters. The molecule has 2 aromatic rings. The van der Waals surface area contributed by atoms with Crippen LogP contribution in [0, 0.1) is 0 Å². The second kappa shape index (κ2) is 4.94. The van der Waals surface area contributed by atoms with Crippen LogP contribution in [0.5, 0.6) is 5.75 Å². The monoisotopic (exact) mass is 254 g/mol. The minimum Gasteiger partial charge on any atom is -0.484 e. The molecular weight excluding hydrogens is 236 g/mol. The van der Waals surface area contributed by atoms with Crippen molar-refractivity contribution in [2.24, 2.45) is 5.73 Å². The molecule has 1 aliphatic heterocycles. The number of fused-ring (bicyclic) bond motifs is 1. The van der Waals surface area contributed by atoms with Gasteiger partial charge in [-0.25, -0.2) is 0 Å². The lowest BCUT2D eigenvalue weighted by Crippen LogP contribution is -2.42. The smallest absolute Gasteiger partial charge is 0.150 e. The zero-order valence-corrected chi connectivity index (χ0v) is 11.0. The Morgan fingerprint density at radius 3 is 2.68 bits per heavy atom. The molecule has 98 valence electrons. The summed E-state index contributed by atoms with van der Waals surface area (Å²) in [5, 5.41) is 0. The van der Waals surface area contributed by atoms with E-state index in [1.807, 2.05) is 18.2 Å². The van der Waals surface area contributed by atoms with Crippen LogP contribution in [-0.2, 0) is 0 Å². The molecule has 3 heteroatoms. The summed E-state index contributed by atoms with van der Waals surface area (Å²) in [4.78, 5) is 2.21. The van der Waals surface area contributed by atoms with Crippen molar-refractivity contribution in [3.63, 3.8) is 0 Å². The number of para-hydroxylation sites is 1. The van der Waals surface area contributed by atoms with Crippen LogP contribution >= 0.6 is 0 Å². The molecule has 0 aromatic heterocycles. The molecule has 19 heavy (non-hydrogen) atoms. The number of benzene rings is 2. The molecule has 0 aliphatic carbocycles. The van der Waals surface area contributed by atoms with Gasteiger partial charge in [0.1, 0.15) is 6.10 Å². The highest BCUT2D eigenvalue weighted by Crippen LogP contribution is 2.40. The molecule has 0 amide bonds. The van der Waals surface area contributed by atoms with Crippen molar-refractivity contribution >= 4 is 5.69 Å². The molecule has 0 bridgehead atoms. The number of ether oxygens (including phenoxy) is 1. The maximum Gasteiger partial charge on any atom is 0.150 e. The van der Waals surface area contributed by atoms with Crippen molar-refractivity contribution in [1.29, 1.82) is 0 Å². The van der Waals surface area contributed by atoms with E-state index in [1.165, 1.54) is 5.56 Å². The summed E-state index contributed by atoms with van der Waals surface area (Å²) >= 11 is 0. The fraction of sp³-hybridized carbons (Fsp3) is 0.250. The Bertz CT molecular complexity index is 568. The van der Waals surface area contributed by atoms with Gasteiger partial charge in [-0.2, -0.15) is 0 Å². The van der Waals surface area contributed by atoms with Crippen molar-refractivity contribution in [1.82, 2.24) is 0 Å². The van der Waals surface area contributed by atoms with E-state index < -0.39 is 0 Å². The molecule has 0 spiro atoms. The van der Waals surface area contributed by atoms with Crippen LogP contribution in [0.25, 0.3) is 11.1 Å². The molecule has 0 radical (unpaired) electrons. The second-order valence-corrected chi connectivity index (χ2v) is 4.88. The Hall–Kier alpha value is -2.00. The molecule has 0 saturated heterocycles. The average molecular weight is 254 g/mol. The van der Waals surface area contributed by atoms with Crippen LogP contribution in [0.1, 0.15) is 0 Å². The molecular formula is C16H18N2O. The number of hydrogen-bond acceptors (Lipinski definition) is 3. The van der Waals surface area contributed by atoms with Gasteiger partial charge < -0.3 is 15.4 Å². The minimum absolute atomic E-state index is 0.0577. The summed E-state index contributed by atoms with van der Waals surface area (Å²) in [6.45, 7) is 1.37. The van der Waals surface area contributed by atoms with E-state index in [4.69, 9.17) is 10.5 Å². The van der Waals surface area contributed by atoms with Crippen molar-refractivity contribution in [2.45, 2.75) is 6.10 Å². The molecule has 0 unspecified atom stereocenters. The third-order valence-electron chi connectivity index (χ3n) is 3.52. The SMILES string of the molecule is CN1C[C@@H](CN)Oc2c(-c3ccccc3)cccc21. The van der Waals surface area contributed by atoms with Crippen molar-refractivity contribution < 1.29 is 4.74 Å². The van der Waals surface area contributed by atoms with Crippen molar-refractivity contribution in [2.75, 3.05) is 25.0 Å². The normalized spacial score (nSPS) is 17.8. The number of nitrogens with zero attached hydrogens (tertiary/aromatic N) is 1. The van der Waals surface area contributed by atoms with Gasteiger partial charge in [-0.3, -0.25) is 0 Å². The first kappa shape index (κ1) is 12.1. The summed E-state index contributed by atoms with van der Waals surface area (Å²) < 4.78 is 6.07. The largest absolute Gasteiger partial charge is 0.484 e. The number of hydrogen-bond donors (Lipinski definition) is 1. The van der Waals surface area contributed by atoms with E-state index in [9.17, 15) is 0 Å². The van der Waals surface area contributed by atoms with Gasteiger partial charge in [-0.15, -0.1) is 0 Å². The number of anilines is 1. The van der Waals surface area contributed by atoms with E-state index in [-0.39, 0.29) is 6.10 Å². The lowest BCUT2D eigenvalue weighted by atomic mass is 10.0. The van der Waals surface area contributed by atoms with Crippen LogP contribution < -0.4 is 15.4 Å². The number of likely N-dealkylation sites (N-methyl/N-ethyl adjacent to an activating group) is 1. The van der Waals surface area contributed by atoms with Crippen LogP contribution in [0.2, 0.25) is 0 Å². The lowest BCUT2D eigenvalue weighted by Gasteiger charge is -2.34. The highest BCUT2D eigenvalue weighted by Gasteiger charge is 2.24. The molecule has 1 aliphatic rings. The molecule has 0 fully saturated rings. The first-order chi connectivity index (χ1) is 9.29. The Morgan fingerprint density at radius 1 is 1.16 bits per heavy atom. The van der Waals surface area contributed by atoms with Crippen LogP contribution in [0.3, 0.4) is 0 Å². The fourth-order valence-corrected chi connectivity index (χ4v) is 2.52. The topological polar surface area (TPSA) is 38.5 Å². The van der Waals surface area contributed by atoms with Gasteiger partial charge in [0, 0.05) is 19.2 Å². The lowest BCUT2D eigenvalue weighted by molar-refractivity contribution is 0.205. The van der Waals surface area contributed by atoms with E-state index in [1.54, 1.807) is 0 Å². The summed E-state index contributed by atoms with van der Waals surface area (Å²) in [5.41, 5.74) is 9.19. The highest BCUT2D eigenvalue weighted by atomic mass is 16.5. The highest BCUT2D eigenvalue weighted by molar-refractivity contribution is 5.79. The Balaban J connectivity index is 2.11. The van der Waals surface area contributed by atoms with E-state index >= 15 is 0 Å². The van der Waals surface area contributed by atoms with E-state index in [0.717, 1.165) is 23.5 Å². The maximum absolute atomic E-state index is 6.07. The first-order valence-corrected chi connectivity index (χ1v) is 6.56. The summed E-state index contributed by atoms with van der Waals surface area (Å²) in [5.74, 6) is 0.943. The average Bonchev–Trinajstić information content (AvgIpc) is 2.47. The Labute approximate surface area is 113 Å². The van der Waals surface area contributed by atoms with Gasteiger partial charge in [0.05, 0.1) is 12.2 Å². The Morgan fingerprint density at radius 2 is 1.95 bits per heavy atom. The summed E-state index contributed by atoms with van der Waals surface area (Å²) in [7, 11) is 2.08. The van der Waals surface area contributed by atoms with Crippen molar-refractivity contribution in [3.8, 4) is 16.9 Å². The zero-order chi connectivity index (χ0) is 13.2. The van der Waals surface area contributed by atoms with Crippen LogP contribution in [0.4, 0.5) is 5.69 Å². The van der Waals surface area contributed by atoms with Crippen molar-refractivity contribution in [3.05, 3.63) is 48.5 Å². The molecule has 3 nitrogen and oxygen atoms in total. The summed E-state index contributed by atoms with van der Waals surface area (Å²) in [6.07, 6.45) is 0.0577. The molecule has 2 N–H and O–H groups in total. The van der Waals surface area contributed by atoms with Gasteiger partial charge in [0.2, 0.25) is 0 Å². The minimum atomic E-state index is 0.0577. The van der Waals surface area contributed by atoms with Gasteiger partial charge in [-0.05, 0) is 11.6 Å². The van der Waals surface area contributed by atoms with Gasteiger partial charge in [0.25, 0.3) is 0 Å². The third-order valence-corrected chi connectivity index (χ3v) is 3.52. The third kappa shape index (κ3) is 2.17. The van der Waals surface area contributed by atoms with Gasteiger partial charge >= 0.3 is 0 Å². The fourth-order valence-electron chi connectivity index (χ4n) is 2.52. The van der Waals surface area contributed by atoms with Gasteiger partial charge in [-0.1, -0.05) is 42.5 Å². The number of nitrogens with two attached hydrogens (primary N) is 1. The molecule has 3 rings (SSSR count). The zero-order valence-electron chi connectivity index (χ0n) is 11.0. The van der Waals surface area contributed by atoms with Gasteiger partial charge in [0.15, 0.2) is 5.75 Å². The van der Waals surface area contributed by atoms with E-state index in [2.05, 4.69) is 42.3 Å². The van der Waals surface area contributed by atoms with Crippen LogP contribution in [-0.4, -0.2) is 26.2 Å².